The number of nitrogens with zero attached hydrogens (tertiary/aromatic N) is 6. The Morgan fingerprint density at radius 1 is 0.532 bits per heavy atom. The number of nitrogens with two attached hydrogens (primary N) is 2. The van der Waals surface area contributed by atoms with Gasteiger partial charge in [0.05, 0.1) is 32.6 Å². The third kappa shape index (κ3) is 11.5. The van der Waals surface area contributed by atoms with E-state index in [0.29, 0.717) is 28.7 Å². The van der Waals surface area contributed by atoms with Crippen LogP contribution < -0.4 is 10.3 Å². The molecule has 0 saturated heterocycles. The Bertz CT molecular complexity index is 4180. The second kappa shape index (κ2) is 21.5. The van der Waals surface area contributed by atoms with Crippen LogP contribution in [0.3, 0.4) is 0 Å². The molecule has 10 aromatic rings. The minimum absolute atomic E-state index is 0.0133. The number of carboxylic acids is 2. The van der Waals surface area contributed by atoms with E-state index >= 15 is 0 Å². The van der Waals surface area contributed by atoms with Gasteiger partial charge in [-0.2, -0.15) is 10.2 Å². The number of aromatic carboxylic acids is 2. The van der Waals surface area contributed by atoms with Gasteiger partial charge in [-0.1, -0.05) is 121 Å². The van der Waals surface area contributed by atoms with Gasteiger partial charge in [-0.05, 0) is 102 Å². The molecule has 6 aromatic carbocycles. The molecule has 0 spiro atoms. The molecule has 0 unspecified atom stereocenters. The molecule has 20 heteroatoms. The van der Waals surface area contributed by atoms with Crippen LogP contribution in [0.2, 0.25) is 0 Å². The van der Waals surface area contributed by atoms with Crippen molar-refractivity contribution in [3.63, 3.8) is 0 Å². The van der Waals surface area contributed by atoms with Crippen LogP contribution >= 0.6 is 22.7 Å². The van der Waals surface area contributed by atoms with Crippen LogP contribution in [-0.2, 0) is 32.9 Å². The Morgan fingerprint density at radius 3 is 1.34 bits per heavy atom. The monoisotopic (exact) mass is 1130 g/mol. The predicted octanol–water partition coefficient (Wildman–Crippen LogP) is 11.3. The topological polar surface area (TPSA) is 256 Å². The first-order valence-corrected chi connectivity index (χ1v) is 30.0. The van der Waals surface area contributed by atoms with E-state index in [1.807, 2.05) is 66.7 Å². The fourth-order valence-electron chi connectivity index (χ4n) is 9.80. The van der Waals surface area contributed by atoms with Gasteiger partial charge in [-0.25, -0.2) is 56.0 Å². The molecule has 0 bridgehead atoms. The number of hydrogen-bond donors (Lipinski definition) is 4. The van der Waals surface area contributed by atoms with Crippen molar-refractivity contribution in [3.05, 3.63) is 213 Å². The maximum Gasteiger partial charge on any atom is 0.355 e. The number of hydrogen-bond acceptors (Lipinski definition) is 12. The van der Waals surface area contributed by atoms with Gasteiger partial charge in [0, 0.05) is 57.7 Å². The zero-order chi connectivity index (χ0) is 55.2. The summed E-state index contributed by atoms with van der Waals surface area (Å²) < 4.78 is 51.1. The lowest BCUT2D eigenvalue weighted by Gasteiger charge is -2.11. The zero-order valence-electron chi connectivity index (χ0n) is 42.3. The van der Waals surface area contributed by atoms with E-state index in [2.05, 4.69) is 58.5 Å². The Labute approximate surface area is 463 Å². The number of rotatable bonds is 16. The predicted molar refractivity (Wildman–Crippen MR) is 304 cm³/mol. The molecule has 16 nitrogen and oxygen atoms in total. The van der Waals surface area contributed by atoms with Gasteiger partial charge in [0.1, 0.15) is 0 Å². The first-order chi connectivity index (χ1) is 38.0. The molecule has 12 rings (SSSR count). The summed E-state index contributed by atoms with van der Waals surface area (Å²) >= 11 is 2.50. The third-order valence-corrected chi connectivity index (χ3v) is 17.4. The maximum atomic E-state index is 12.0. The van der Waals surface area contributed by atoms with Crippen molar-refractivity contribution in [1.82, 2.24) is 29.5 Å². The maximum absolute atomic E-state index is 12.0. The molecule has 0 amide bonds. The van der Waals surface area contributed by atoms with Crippen LogP contribution in [0.15, 0.2) is 172 Å². The number of sulfonamides is 2. The molecule has 0 atom stereocenters. The number of aryl methyl sites for hydroxylation is 1. The summed E-state index contributed by atoms with van der Waals surface area (Å²) in [5, 5.41) is 43.8. The van der Waals surface area contributed by atoms with E-state index in [1.54, 1.807) is 40.6 Å². The van der Waals surface area contributed by atoms with E-state index in [9.17, 15) is 36.6 Å². The molecule has 2 fully saturated rings. The first-order valence-electron chi connectivity index (χ1n) is 25.1. The number of benzene rings is 6. The van der Waals surface area contributed by atoms with Crippen LogP contribution in [-0.4, -0.2) is 68.5 Å². The minimum atomic E-state index is -3.82. The summed E-state index contributed by atoms with van der Waals surface area (Å²) in [7, 11) is -7.62. The molecule has 398 valence electrons. The van der Waals surface area contributed by atoms with E-state index in [-0.39, 0.29) is 33.0 Å². The number of aromatic nitrogens is 6. The number of carbonyl (C=O) groups is 2. The van der Waals surface area contributed by atoms with Crippen molar-refractivity contribution < 1.29 is 36.6 Å². The molecule has 4 heterocycles. The SMILES string of the molecule is Cc1cc(Cc2c(-c3cccc(-c4ccccc4)c3)nn(-c3nc(C(=O)O)cs3)c2C2CC2)ccc1S(N)(=O)=O.NS(=O)(=O)c1ccc(Cc2c(-c3cccc(-c4ccccc4)c3)nn(-c3nc(C(=O)O)cs3)c2C2CC2)cc1. The van der Waals surface area contributed by atoms with Gasteiger partial charge >= 0.3 is 11.9 Å². The average molecular weight is 1130 g/mol. The van der Waals surface area contributed by atoms with E-state index in [0.717, 1.165) is 104 Å². The molecular weight excluding hydrogens is 1080 g/mol. The van der Waals surface area contributed by atoms with Gasteiger partial charge in [0.2, 0.25) is 30.3 Å². The molecular formula is C59H50N8O8S4. The summed E-state index contributed by atoms with van der Waals surface area (Å²) in [5.41, 5.74) is 14.2. The molecule has 79 heavy (non-hydrogen) atoms. The quantitative estimate of drug-likeness (QED) is 0.0704. The smallest absolute Gasteiger partial charge is 0.355 e. The van der Waals surface area contributed by atoms with Gasteiger partial charge < -0.3 is 10.2 Å². The summed E-state index contributed by atoms with van der Waals surface area (Å²) in [5.74, 6) is -1.61. The highest BCUT2D eigenvalue weighted by molar-refractivity contribution is 7.89. The lowest BCUT2D eigenvalue weighted by molar-refractivity contribution is 0.0680. The van der Waals surface area contributed by atoms with E-state index in [4.69, 9.17) is 20.5 Å². The number of thiazole rings is 2. The second-order valence-electron chi connectivity index (χ2n) is 19.5. The fraction of sp³-hybridized carbons (Fsp3) is 0.153. The molecule has 0 aliphatic heterocycles. The van der Waals surface area contributed by atoms with Crippen LogP contribution in [0.4, 0.5) is 0 Å². The van der Waals surface area contributed by atoms with Crippen molar-refractivity contribution in [3.8, 4) is 55.0 Å². The minimum Gasteiger partial charge on any atom is -0.476 e. The standard InChI is InChI=1S/C30H26N4O4S2.C29H24N4O4S2/c1-18-14-19(10-13-26(18)40(31,37)38)15-24-27(23-9-5-8-22(16-23)20-6-3-2-4-7-20)33-34(28(24)21-11-12-21)30-32-25(17-39-30)29(35)36;30-39(36,37)23-13-9-18(10-14-23)15-24-26(22-8-4-7-21(16-22)19-5-2-1-3-6-19)32-33(27(24)20-11-12-20)29-31-25(17-38-29)28(34)35/h2-10,13-14,16-17,21H,11-12,15H2,1H3,(H,35,36)(H2,31,37,38);1-10,13-14,16-17,20H,11-12,15H2,(H,34,35)(H2,30,36,37). The van der Waals surface area contributed by atoms with E-state index in [1.165, 1.54) is 45.6 Å². The summed E-state index contributed by atoms with van der Waals surface area (Å²) in [6.07, 6.45) is 5.04. The van der Waals surface area contributed by atoms with Crippen molar-refractivity contribution in [2.24, 2.45) is 10.3 Å². The molecule has 2 saturated carbocycles. The number of primary sulfonamides is 2. The Morgan fingerprint density at radius 2 is 0.949 bits per heavy atom. The van der Waals surface area contributed by atoms with Gasteiger partial charge in [-0.15, -0.1) is 22.7 Å². The Kier molecular flexibility index (Phi) is 14.4. The highest BCUT2D eigenvalue weighted by atomic mass is 32.2. The summed E-state index contributed by atoms with van der Waals surface area (Å²) in [4.78, 5) is 32.0. The zero-order valence-corrected chi connectivity index (χ0v) is 45.6. The number of carboxylic acid groups (broad SMARTS) is 2. The normalized spacial score (nSPS) is 13.5. The van der Waals surface area contributed by atoms with Crippen molar-refractivity contribution >= 4 is 54.7 Å². The van der Waals surface area contributed by atoms with Crippen molar-refractivity contribution in [2.45, 2.75) is 67.1 Å². The highest BCUT2D eigenvalue weighted by Crippen LogP contribution is 2.48. The second-order valence-corrected chi connectivity index (χ2v) is 24.3. The van der Waals surface area contributed by atoms with Gasteiger partial charge in [0.15, 0.2) is 11.4 Å². The van der Waals surface area contributed by atoms with Crippen LogP contribution in [0.1, 0.15) is 97.7 Å². The van der Waals surface area contributed by atoms with Crippen LogP contribution in [0.25, 0.3) is 55.0 Å². The van der Waals surface area contributed by atoms with Gasteiger partial charge in [0.25, 0.3) is 0 Å². The largest absolute Gasteiger partial charge is 0.476 e. The lowest BCUT2D eigenvalue weighted by Crippen LogP contribution is -2.13. The molecule has 4 aromatic heterocycles. The lowest BCUT2D eigenvalue weighted by atomic mass is 9.95. The fourth-order valence-corrected chi connectivity index (χ4v) is 12.6. The Hall–Kier alpha value is -8.24. The van der Waals surface area contributed by atoms with E-state index < -0.39 is 32.0 Å². The average Bonchev–Trinajstić information content (AvgIpc) is 4.46. The molecule has 6 N–H and O–H groups in total. The highest BCUT2D eigenvalue weighted by Gasteiger charge is 2.36. The third-order valence-electron chi connectivity index (χ3n) is 13.8. The molecule has 2 aliphatic rings. The molecule has 2 aliphatic carbocycles. The van der Waals surface area contributed by atoms with Crippen molar-refractivity contribution in [1.29, 1.82) is 0 Å². The first kappa shape index (κ1) is 52.8. The van der Waals surface area contributed by atoms with Crippen LogP contribution in [0, 0.1) is 6.92 Å². The summed E-state index contributed by atoms with van der Waals surface area (Å²) in [6, 6.07) is 48.4. The Balaban J connectivity index is 0.000000167. The molecule has 0 radical (unpaired) electrons. The van der Waals surface area contributed by atoms with Crippen molar-refractivity contribution in [2.75, 3.05) is 0 Å². The van der Waals surface area contributed by atoms with Crippen LogP contribution in [0.5, 0.6) is 0 Å². The summed E-state index contributed by atoms with van der Waals surface area (Å²) in [6.45, 7) is 1.74. The van der Waals surface area contributed by atoms with Gasteiger partial charge in [-0.3, -0.25) is 0 Å².